The van der Waals surface area contributed by atoms with Crippen LogP contribution in [0.15, 0.2) is 0 Å². The fraction of sp³-hybridized carbons (Fsp3) is 0.700. The Kier molecular flexibility index (Phi) is 4.67. The van der Waals surface area contributed by atoms with Crippen molar-refractivity contribution < 1.29 is 9.59 Å². The minimum atomic E-state index is -0.400. The summed E-state index contributed by atoms with van der Waals surface area (Å²) >= 11 is 4.87. The van der Waals surface area contributed by atoms with E-state index in [1.54, 1.807) is 4.90 Å². The molecule has 16 heavy (non-hydrogen) atoms. The summed E-state index contributed by atoms with van der Waals surface area (Å²) in [6.07, 6.45) is 0.950. The topological polar surface area (TPSA) is 75.4 Å². The number of nitrogens with one attached hydrogen (secondary N) is 1. The maximum Gasteiger partial charge on any atom is 0.232 e. The third-order valence-electron chi connectivity index (χ3n) is 2.67. The van der Waals surface area contributed by atoms with Crippen molar-refractivity contribution in [3.05, 3.63) is 0 Å². The number of amides is 2. The Morgan fingerprint density at radius 2 is 2.31 bits per heavy atom. The van der Waals surface area contributed by atoms with Gasteiger partial charge in [-0.3, -0.25) is 9.59 Å². The van der Waals surface area contributed by atoms with E-state index in [0.29, 0.717) is 32.5 Å². The number of hydrogen-bond donors (Lipinski definition) is 2. The number of hydrogen-bond acceptors (Lipinski definition) is 3. The Morgan fingerprint density at radius 3 is 2.88 bits per heavy atom. The molecule has 0 bridgehead atoms. The van der Waals surface area contributed by atoms with Crippen LogP contribution in [0, 0.1) is 5.92 Å². The van der Waals surface area contributed by atoms with Crippen molar-refractivity contribution in [2.75, 3.05) is 19.6 Å². The van der Waals surface area contributed by atoms with Gasteiger partial charge in [0, 0.05) is 26.1 Å². The fourth-order valence-corrected chi connectivity index (χ4v) is 1.97. The standard InChI is InChI=1S/C10H17N3O2S/c1-2-7(9(11)16)10(15)13-5-3-8(14)12-4-6-13/h7H,2-6H2,1H3,(H2,11,16)(H,12,14). The SMILES string of the molecule is CCC(C(=O)N1CCNC(=O)CC1)C(N)=S. The summed E-state index contributed by atoms with van der Waals surface area (Å²) in [4.78, 5) is 25.1. The van der Waals surface area contributed by atoms with Crippen molar-refractivity contribution >= 4 is 29.0 Å². The second kappa shape index (κ2) is 5.79. The van der Waals surface area contributed by atoms with Crippen molar-refractivity contribution in [2.45, 2.75) is 19.8 Å². The maximum absolute atomic E-state index is 12.0. The predicted octanol–water partition coefficient (Wildman–Crippen LogP) is -0.353. The molecule has 3 N–H and O–H groups in total. The lowest BCUT2D eigenvalue weighted by Gasteiger charge is -2.24. The van der Waals surface area contributed by atoms with Crippen molar-refractivity contribution in [2.24, 2.45) is 11.7 Å². The smallest absolute Gasteiger partial charge is 0.232 e. The van der Waals surface area contributed by atoms with Crippen LogP contribution < -0.4 is 11.1 Å². The summed E-state index contributed by atoms with van der Waals surface area (Å²) < 4.78 is 0. The molecule has 1 aliphatic heterocycles. The molecule has 0 spiro atoms. The van der Waals surface area contributed by atoms with Crippen LogP contribution in [0.25, 0.3) is 0 Å². The molecule has 1 atom stereocenters. The second-order valence-corrected chi connectivity index (χ2v) is 4.26. The van der Waals surface area contributed by atoms with E-state index in [-0.39, 0.29) is 16.8 Å². The van der Waals surface area contributed by atoms with E-state index in [0.717, 1.165) is 0 Å². The lowest BCUT2D eigenvalue weighted by molar-refractivity contribution is -0.133. The van der Waals surface area contributed by atoms with Crippen LogP contribution >= 0.6 is 12.2 Å². The molecule has 1 rings (SSSR count). The van der Waals surface area contributed by atoms with E-state index in [2.05, 4.69) is 5.32 Å². The van der Waals surface area contributed by atoms with E-state index in [9.17, 15) is 9.59 Å². The van der Waals surface area contributed by atoms with Gasteiger partial charge in [0.1, 0.15) is 0 Å². The maximum atomic E-state index is 12.0. The summed E-state index contributed by atoms with van der Waals surface area (Å²) in [6.45, 7) is 3.36. The Morgan fingerprint density at radius 1 is 1.62 bits per heavy atom. The normalized spacial score (nSPS) is 18.6. The van der Waals surface area contributed by atoms with Crippen LogP contribution in [0.5, 0.6) is 0 Å². The molecule has 0 aromatic carbocycles. The molecular formula is C10H17N3O2S. The number of carbonyl (C=O) groups is 2. The highest BCUT2D eigenvalue weighted by molar-refractivity contribution is 7.80. The summed E-state index contributed by atoms with van der Waals surface area (Å²) in [7, 11) is 0. The Labute approximate surface area is 100 Å². The van der Waals surface area contributed by atoms with Gasteiger partial charge in [-0.25, -0.2) is 0 Å². The van der Waals surface area contributed by atoms with Gasteiger partial charge in [-0.05, 0) is 6.42 Å². The molecule has 1 aliphatic rings. The third kappa shape index (κ3) is 3.16. The molecule has 5 nitrogen and oxygen atoms in total. The van der Waals surface area contributed by atoms with Gasteiger partial charge in [0.2, 0.25) is 11.8 Å². The van der Waals surface area contributed by atoms with E-state index in [1.807, 2.05) is 6.92 Å². The number of carbonyl (C=O) groups excluding carboxylic acids is 2. The van der Waals surface area contributed by atoms with Gasteiger partial charge < -0.3 is 16.0 Å². The van der Waals surface area contributed by atoms with Gasteiger partial charge in [-0.1, -0.05) is 19.1 Å². The van der Waals surface area contributed by atoms with Crippen molar-refractivity contribution in [3.8, 4) is 0 Å². The lowest BCUT2D eigenvalue weighted by Crippen LogP contribution is -2.42. The van der Waals surface area contributed by atoms with E-state index >= 15 is 0 Å². The predicted molar refractivity (Wildman–Crippen MR) is 64.8 cm³/mol. The van der Waals surface area contributed by atoms with Gasteiger partial charge in [0.15, 0.2) is 0 Å². The molecule has 1 fully saturated rings. The lowest BCUT2D eigenvalue weighted by atomic mass is 10.1. The monoisotopic (exact) mass is 243 g/mol. The zero-order valence-electron chi connectivity index (χ0n) is 9.36. The van der Waals surface area contributed by atoms with E-state index < -0.39 is 5.92 Å². The van der Waals surface area contributed by atoms with Gasteiger partial charge >= 0.3 is 0 Å². The zero-order valence-corrected chi connectivity index (χ0v) is 10.2. The Balaban J connectivity index is 2.65. The summed E-state index contributed by atoms with van der Waals surface area (Å²) in [5, 5.41) is 2.72. The third-order valence-corrected chi connectivity index (χ3v) is 2.96. The molecule has 1 heterocycles. The van der Waals surface area contributed by atoms with E-state index in [4.69, 9.17) is 18.0 Å². The Hall–Kier alpha value is -1.17. The van der Waals surface area contributed by atoms with Crippen LogP contribution in [0.4, 0.5) is 0 Å². The summed E-state index contributed by atoms with van der Waals surface area (Å²) in [6, 6.07) is 0. The summed E-state index contributed by atoms with van der Waals surface area (Å²) in [5.41, 5.74) is 5.52. The van der Waals surface area contributed by atoms with Crippen LogP contribution in [-0.4, -0.2) is 41.3 Å². The van der Waals surface area contributed by atoms with Crippen LogP contribution in [0.3, 0.4) is 0 Å². The zero-order chi connectivity index (χ0) is 12.1. The van der Waals surface area contributed by atoms with Gasteiger partial charge in [-0.2, -0.15) is 0 Å². The fourth-order valence-electron chi connectivity index (χ4n) is 1.71. The minimum absolute atomic E-state index is 0.0151. The van der Waals surface area contributed by atoms with Gasteiger partial charge in [-0.15, -0.1) is 0 Å². The first kappa shape index (κ1) is 12.9. The van der Waals surface area contributed by atoms with Gasteiger partial charge in [0.05, 0.1) is 10.9 Å². The molecule has 0 aromatic heterocycles. The minimum Gasteiger partial charge on any atom is -0.393 e. The molecule has 0 aromatic rings. The first-order valence-electron chi connectivity index (χ1n) is 5.41. The first-order valence-corrected chi connectivity index (χ1v) is 5.82. The van der Waals surface area contributed by atoms with E-state index in [1.165, 1.54) is 0 Å². The second-order valence-electron chi connectivity index (χ2n) is 3.79. The first-order chi connectivity index (χ1) is 7.56. The molecule has 6 heteroatoms. The molecule has 0 saturated carbocycles. The average molecular weight is 243 g/mol. The highest BCUT2D eigenvalue weighted by Crippen LogP contribution is 2.10. The molecule has 0 radical (unpaired) electrons. The number of thiocarbonyl (C=S) groups is 1. The van der Waals surface area contributed by atoms with Crippen molar-refractivity contribution in [1.82, 2.24) is 10.2 Å². The molecule has 2 amide bonds. The highest BCUT2D eigenvalue weighted by Gasteiger charge is 2.26. The number of nitrogens with zero attached hydrogens (tertiary/aromatic N) is 1. The molecule has 0 aliphatic carbocycles. The van der Waals surface area contributed by atoms with Crippen LogP contribution in [-0.2, 0) is 9.59 Å². The summed E-state index contributed by atoms with van der Waals surface area (Å²) in [5.74, 6) is -0.478. The van der Waals surface area contributed by atoms with Crippen LogP contribution in [0.2, 0.25) is 0 Å². The molecular weight excluding hydrogens is 226 g/mol. The average Bonchev–Trinajstić information content (AvgIpc) is 2.43. The molecule has 1 unspecified atom stereocenters. The quantitative estimate of drug-likeness (QED) is 0.664. The molecule has 90 valence electrons. The molecule has 1 saturated heterocycles. The Bertz CT molecular complexity index is 306. The van der Waals surface area contributed by atoms with Crippen molar-refractivity contribution in [1.29, 1.82) is 0 Å². The van der Waals surface area contributed by atoms with Gasteiger partial charge in [0.25, 0.3) is 0 Å². The number of nitrogens with two attached hydrogens (primary N) is 1. The van der Waals surface area contributed by atoms with Crippen LogP contribution in [0.1, 0.15) is 19.8 Å². The largest absolute Gasteiger partial charge is 0.393 e. The van der Waals surface area contributed by atoms with Crippen molar-refractivity contribution in [3.63, 3.8) is 0 Å². The number of rotatable bonds is 3. The highest BCUT2D eigenvalue weighted by atomic mass is 32.1.